The van der Waals surface area contributed by atoms with Crippen LogP contribution in [0.5, 0.6) is 0 Å². The maximum Gasteiger partial charge on any atom is 0.312 e. The molecule has 3 rings (SSSR count). The van der Waals surface area contributed by atoms with Gasteiger partial charge in [-0.05, 0) is 52.0 Å². The highest BCUT2D eigenvalue weighted by molar-refractivity contribution is 5.79. The first kappa shape index (κ1) is 34.0. The van der Waals surface area contributed by atoms with Crippen LogP contribution < -0.4 is 0 Å². The number of halogens is 2. The van der Waals surface area contributed by atoms with Gasteiger partial charge in [0.25, 0.3) is 0 Å². The normalized spacial score (nSPS) is 16.7. The molecule has 1 saturated heterocycles. The van der Waals surface area contributed by atoms with Gasteiger partial charge in [-0.15, -0.1) is 10.2 Å². The Bertz CT molecular complexity index is 1070. The van der Waals surface area contributed by atoms with E-state index in [2.05, 4.69) is 20.6 Å². The van der Waals surface area contributed by atoms with Crippen molar-refractivity contribution in [1.82, 2.24) is 25.5 Å². The van der Waals surface area contributed by atoms with Crippen molar-refractivity contribution in [2.45, 2.75) is 116 Å². The fourth-order valence-corrected chi connectivity index (χ4v) is 4.77. The molecule has 0 aliphatic carbocycles. The topological polar surface area (TPSA) is 121 Å². The second-order valence-electron chi connectivity index (χ2n) is 11.0. The number of aryl methyl sites for hydroxylation is 1. The molecule has 1 aromatic carbocycles. The van der Waals surface area contributed by atoms with Crippen molar-refractivity contribution < 1.29 is 28.2 Å². The van der Waals surface area contributed by atoms with Crippen molar-refractivity contribution in [1.29, 1.82) is 0 Å². The van der Waals surface area contributed by atoms with E-state index in [9.17, 15) is 14.7 Å². The number of aromatic amines is 1. The van der Waals surface area contributed by atoms with Gasteiger partial charge < -0.3 is 14.7 Å². The van der Waals surface area contributed by atoms with Gasteiger partial charge in [-0.1, -0.05) is 68.3 Å². The van der Waals surface area contributed by atoms with Crippen molar-refractivity contribution in [3.63, 3.8) is 0 Å². The molecule has 1 aliphatic heterocycles. The highest BCUT2D eigenvalue weighted by atomic mass is 19.3. The summed E-state index contributed by atoms with van der Waals surface area (Å²) in [6.07, 6.45) is 7.69. The van der Waals surface area contributed by atoms with E-state index >= 15 is 8.78 Å². The summed E-state index contributed by atoms with van der Waals surface area (Å²) >= 11 is 0. The Morgan fingerprint density at radius 2 is 1.90 bits per heavy atom. The van der Waals surface area contributed by atoms with Crippen molar-refractivity contribution in [2.24, 2.45) is 0 Å². The minimum absolute atomic E-state index is 0. The summed E-state index contributed by atoms with van der Waals surface area (Å²) in [5.41, 5.74) is -1.10. The number of alkyl halides is 2. The van der Waals surface area contributed by atoms with Crippen molar-refractivity contribution in [2.75, 3.05) is 6.54 Å². The van der Waals surface area contributed by atoms with Crippen LogP contribution >= 0.6 is 0 Å². The number of aliphatic hydroxyl groups is 1. The molecule has 0 unspecified atom stereocenters. The highest BCUT2D eigenvalue weighted by Crippen LogP contribution is 2.35. The molecule has 9 nitrogen and oxygen atoms in total. The number of nitrogens with one attached hydrogen (secondary N) is 1. The highest BCUT2D eigenvalue weighted by Gasteiger charge is 2.43. The largest absolute Gasteiger partial charge is 0.451 e. The first-order valence-electron chi connectivity index (χ1n) is 14.1. The van der Waals surface area contributed by atoms with Gasteiger partial charge in [-0.25, -0.2) is 0 Å². The number of aromatic nitrogens is 4. The number of esters is 1. The average molecular weight is 578 g/mol. The fourth-order valence-electron chi connectivity index (χ4n) is 4.77. The Morgan fingerprint density at radius 3 is 2.59 bits per heavy atom. The van der Waals surface area contributed by atoms with Crippen LogP contribution in [0.25, 0.3) is 0 Å². The first-order valence-corrected chi connectivity index (χ1v) is 14.1. The minimum Gasteiger partial charge on any atom is -0.451 e. The summed E-state index contributed by atoms with van der Waals surface area (Å²) in [4.78, 5) is 26.8. The zero-order chi connectivity index (χ0) is 29.0. The minimum atomic E-state index is -3.45. The molecule has 1 aliphatic rings. The van der Waals surface area contributed by atoms with Crippen LogP contribution in [0.1, 0.15) is 96.9 Å². The lowest BCUT2D eigenvalue weighted by molar-refractivity contribution is -0.168. The first-order chi connectivity index (χ1) is 19.1. The van der Waals surface area contributed by atoms with Crippen LogP contribution in [0.2, 0.25) is 0 Å². The van der Waals surface area contributed by atoms with Gasteiger partial charge in [0, 0.05) is 31.4 Å². The number of carbonyl (C=O) groups is 2. The number of tetrazole rings is 1. The number of benzene rings is 1. The Balaban J connectivity index is 0.00000588. The molecule has 0 radical (unpaired) electrons. The number of rotatable bonds is 17. The molecule has 228 valence electrons. The Labute approximate surface area is 241 Å². The number of unbranched alkanes of at least 4 members (excludes halogenated alkanes) is 4. The molecular formula is C30H45F2N5O4. The Morgan fingerprint density at radius 1 is 1.17 bits per heavy atom. The third-order valence-corrected chi connectivity index (χ3v) is 7.02. The summed E-state index contributed by atoms with van der Waals surface area (Å²) in [6.45, 7) is 3.90. The number of carbonyl (C=O) groups excluding carboxylic acids is 2. The van der Waals surface area contributed by atoms with Crippen LogP contribution in [-0.4, -0.2) is 66.8 Å². The lowest BCUT2D eigenvalue weighted by atomic mass is 10.0. The maximum atomic E-state index is 15.5. The molecule has 1 aromatic heterocycles. The number of hydrogen-bond acceptors (Lipinski definition) is 7. The smallest absolute Gasteiger partial charge is 0.312 e. The number of nitrogens with zero attached hydrogens (tertiary/aromatic N) is 4. The molecule has 1 fully saturated rings. The van der Waals surface area contributed by atoms with Crippen molar-refractivity contribution in [3.8, 4) is 0 Å². The second-order valence-corrected chi connectivity index (χ2v) is 11.0. The molecule has 0 saturated carbocycles. The average Bonchev–Trinajstić information content (AvgIpc) is 3.56. The van der Waals surface area contributed by atoms with E-state index in [-0.39, 0.29) is 31.4 Å². The zero-order valence-corrected chi connectivity index (χ0v) is 23.4. The lowest BCUT2D eigenvalue weighted by Gasteiger charge is -2.27. The molecule has 0 bridgehead atoms. The van der Waals surface area contributed by atoms with Gasteiger partial charge in [-0.3, -0.25) is 9.59 Å². The molecule has 1 amide bonds. The summed E-state index contributed by atoms with van der Waals surface area (Å²) < 4.78 is 36.4. The number of likely N-dealkylation sites (tertiary alicyclic amines) is 1. The number of H-pyrrole nitrogens is 1. The summed E-state index contributed by atoms with van der Waals surface area (Å²) in [6, 6.07) is 6.96. The van der Waals surface area contributed by atoms with Gasteiger partial charge in [0.2, 0.25) is 5.91 Å². The van der Waals surface area contributed by atoms with Crippen LogP contribution in [0, 0.1) is 0 Å². The monoisotopic (exact) mass is 577 g/mol. The maximum absolute atomic E-state index is 15.5. The standard InChI is InChI=1S/C29H41F2N5O4.CH4/c1-28(2,39)20-10-9-15-27(38)40-24(29(30,31)22-12-6-5-7-13-22)18-16-23-17-19-26(37)36(23)21-11-4-3-8-14-25-32-34-35-33-25;/h5-7,12-13,16,18,23-24,39H,3-4,8-11,14-15,17,19-21H2,1-2H3,(H,32,33,34,35);1H4/b18-16+;/t23-,24+;/m0./s1. The third kappa shape index (κ3) is 11.3. The van der Waals surface area contributed by atoms with Crippen LogP contribution in [-0.2, 0) is 26.7 Å². The lowest BCUT2D eigenvalue weighted by Crippen LogP contribution is -2.36. The molecule has 2 atom stereocenters. The molecule has 2 aromatic rings. The quantitative estimate of drug-likeness (QED) is 0.144. The van der Waals surface area contributed by atoms with Gasteiger partial charge in [0.05, 0.1) is 11.6 Å². The SMILES string of the molecule is C.CC(C)(O)CCCCC(=O)O[C@H](/C=C/[C@H]1CCC(=O)N1CCCCCCc1nn[nH]n1)C(F)(F)c1ccccc1. The second kappa shape index (κ2) is 16.3. The van der Waals surface area contributed by atoms with E-state index in [0.29, 0.717) is 44.5 Å². The van der Waals surface area contributed by atoms with Gasteiger partial charge in [0.15, 0.2) is 11.9 Å². The van der Waals surface area contributed by atoms with Crippen LogP contribution in [0.4, 0.5) is 8.78 Å². The third-order valence-electron chi connectivity index (χ3n) is 7.02. The number of amides is 1. The van der Waals surface area contributed by atoms with E-state index in [1.165, 1.54) is 30.3 Å². The van der Waals surface area contributed by atoms with Crippen LogP contribution in [0.15, 0.2) is 42.5 Å². The molecule has 2 N–H and O–H groups in total. The fraction of sp³-hybridized carbons (Fsp3) is 0.633. The molecule has 0 spiro atoms. The molecule has 11 heteroatoms. The van der Waals surface area contributed by atoms with E-state index in [1.807, 2.05) is 0 Å². The Hall–Kier alpha value is -3.21. The predicted molar refractivity (Wildman–Crippen MR) is 152 cm³/mol. The van der Waals surface area contributed by atoms with E-state index in [4.69, 9.17) is 4.74 Å². The van der Waals surface area contributed by atoms with Gasteiger partial charge in [0.1, 0.15) is 0 Å². The zero-order valence-electron chi connectivity index (χ0n) is 23.4. The van der Waals surface area contributed by atoms with Gasteiger partial charge >= 0.3 is 11.9 Å². The summed E-state index contributed by atoms with van der Waals surface area (Å²) in [7, 11) is 0. The summed E-state index contributed by atoms with van der Waals surface area (Å²) in [5.74, 6) is -3.50. The number of ether oxygens (including phenoxy) is 1. The van der Waals surface area contributed by atoms with Crippen LogP contribution in [0.3, 0.4) is 0 Å². The van der Waals surface area contributed by atoms with E-state index in [1.54, 1.807) is 30.9 Å². The van der Waals surface area contributed by atoms with Gasteiger partial charge in [-0.2, -0.15) is 14.0 Å². The Kier molecular flexibility index (Phi) is 13.5. The van der Waals surface area contributed by atoms with Crippen molar-refractivity contribution >= 4 is 11.9 Å². The number of hydrogen-bond donors (Lipinski definition) is 2. The van der Waals surface area contributed by atoms with E-state index in [0.717, 1.165) is 32.1 Å². The summed E-state index contributed by atoms with van der Waals surface area (Å²) in [5, 5.41) is 23.7. The predicted octanol–water partition coefficient (Wildman–Crippen LogP) is 5.52. The van der Waals surface area contributed by atoms with Crippen molar-refractivity contribution in [3.05, 3.63) is 53.9 Å². The van der Waals surface area contributed by atoms with E-state index < -0.39 is 23.6 Å². The molecule has 2 heterocycles. The molecular weight excluding hydrogens is 532 g/mol. The molecule has 41 heavy (non-hydrogen) atoms.